The predicted molar refractivity (Wildman–Crippen MR) is 75.7 cm³/mol. The van der Waals surface area contributed by atoms with E-state index in [1.54, 1.807) is 19.2 Å². The number of rotatable bonds is 2. The Labute approximate surface area is 117 Å². The summed E-state index contributed by atoms with van der Waals surface area (Å²) in [5.41, 5.74) is 2.01. The average molecular weight is 321 g/mol. The minimum Gasteiger partial charge on any atom is -0.497 e. The molecule has 2 aromatic carbocycles. The number of aromatic nitrogens is 2. The SMILES string of the molecule is COc1ccc2nc(-c3c(F)cccc3Br)[nH]c2c1. The molecule has 0 amide bonds. The van der Waals surface area contributed by atoms with Crippen molar-refractivity contribution in [3.8, 4) is 17.1 Å². The molecule has 0 saturated carbocycles. The molecule has 0 radical (unpaired) electrons. The second-order valence-corrected chi connectivity index (χ2v) is 4.92. The van der Waals surface area contributed by atoms with Gasteiger partial charge in [-0.2, -0.15) is 0 Å². The van der Waals surface area contributed by atoms with E-state index in [1.165, 1.54) is 6.07 Å². The van der Waals surface area contributed by atoms with E-state index in [0.717, 1.165) is 16.8 Å². The number of ether oxygens (including phenoxy) is 1. The highest BCUT2D eigenvalue weighted by atomic mass is 79.9. The summed E-state index contributed by atoms with van der Waals surface area (Å²) in [5.74, 6) is 0.906. The second kappa shape index (κ2) is 4.66. The molecule has 0 saturated heterocycles. The summed E-state index contributed by atoms with van der Waals surface area (Å²) in [6.07, 6.45) is 0. The number of benzene rings is 2. The molecule has 0 spiro atoms. The Kier molecular flexibility index (Phi) is 2.98. The van der Waals surface area contributed by atoms with Gasteiger partial charge in [-0.05, 0) is 40.2 Å². The average Bonchev–Trinajstić information content (AvgIpc) is 2.80. The topological polar surface area (TPSA) is 37.9 Å². The fourth-order valence-electron chi connectivity index (χ4n) is 1.96. The van der Waals surface area contributed by atoms with Crippen LogP contribution in [0.5, 0.6) is 5.75 Å². The van der Waals surface area contributed by atoms with Crippen molar-refractivity contribution in [2.24, 2.45) is 0 Å². The van der Waals surface area contributed by atoms with Crippen LogP contribution >= 0.6 is 15.9 Å². The molecule has 3 rings (SSSR count). The standard InChI is InChI=1S/C14H10BrFN2O/c1-19-8-5-6-11-12(7-8)18-14(17-11)13-9(15)3-2-4-10(13)16/h2-7H,1H3,(H,17,18). The van der Waals surface area contributed by atoms with Gasteiger partial charge in [0.2, 0.25) is 0 Å². The van der Waals surface area contributed by atoms with Crippen LogP contribution < -0.4 is 4.74 Å². The summed E-state index contributed by atoms with van der Waals surface area (Å²) in [5, 5.41) is 0. The molecule has 1 aromatic heterocycles. The highest BCUT2D eigenvalue weighted by molar-refractivity contribution is 9.10. The molecule has 19 heavy (non-hydrogen) atoms. The zero-order valence-corrected chi connectivity index (χ0v) is 11.7. The lowest BCUT2D eigenvalue weighted by molar-refractivity contribution is 0.415. The van der Waals surface area contributed by atoms with E-state index >= 15 is 0 Å². The maximum Gasteiger partial charge on any atom is 0.142 e. The van der Waals surface area contributed by atoms with Crippen molar-refractivity contribution >= 4 is 27.0 Å². The van der Waals surface area contributed by atoms with Crippen LogP contribution in [0.3, 0.4) is 0 Å². The van der Waals surface area contributed by atoms with Crippen molar-refractivity contribution in [2.75, 3.05) is 7.11 Å². The molecular formula is C14H10BrFN2O. The van der Waals surface area contributed by atoms with Crippen LogP contribution in [-0.4, -0.2) is 17.1 Å². The number of H-pyrrole nitrogens is 1. The van der Waals surface area contributed by atoms with E-state index in [4.69, 9.17) is 4.74 Å². The third kappa shape index (κ3) is 2.10. The molecule has 0 aliphatic heterocycles. The van der Waals surface area contributed by atoms with E-state index in [1.807, 2.05) is 18.2 Å². The first-order valence-corrected chi connectivity index (χ1v) is 6.46. The van der Waals surface area contributed by atoms with Crippen molar-refractivity contribution in [3.63, 3.8) is 0 Å². The van der Waals surface area contributed by atoms with Gasteiger partial charge in [-0.3, -0.25) is 0 Å². The number of nitrogens with one attached hydrogen (secondary N) is 1. The molecule has 0 bridgehead atoms. The number of nitrogens with zero attached hydrogens (tertiary/aromatic N) is 1. The maximum absolute atomic E-state index is 13.9. The second-order valence-electron chi connectivity index (χ2n) is 4.07. The molecule has 0 unspecified atom stereocenters. The quantitative estimate of drug-likeness (QED) is 0.770. The van der Waals surface area contributed by atoms with E-state index in [0.29, 0.717) is 15.9 Å². The van der Waals surface area contributed by atoms with Crippen LogP contribution in [0.25, 0.3) is 22.4 Å². The number of imidazole rings is 1. The Morgan fingerprint density at radius 2 is 2.11 bits per heavy atom. The van der Waals surface area contributed by atoms with E-state index in [9.17, 15) is 4.39 Å². The number of fused-ring (bicyclic) bond motifs is 1. The summed E-state index contributed by atoms with van der Waals surface area (Å²) in [7, 11) is 1.60. The molecule has 1 N–H and O–H groups in total. The molecule has 0 aliphatic carbocycles. The zero-order chi connectivity index (χ0) is 13.4. The number of hydrogen-bond acceptors (Lipinski definition) is 2. The Hall–Kier alpha value is -1.88. The first kappa shape index (κ1) is 12.2. The monoisotopic (exact) mass is 320 g/mol. The van der Waals surface area contributed by atoms with Crippen molar-refractivity contribution in [2.45, 2.75) is 0 Å². The number of hydrogen-bond donors (Lipinski definition) is 1. The van der Waals surface area contributed by atoms with Crippen LogP contribution in [0.15, 0.2) is 40.9 Å². The summed E-state index contributed by atoms with van der Waals surface area (Å²) in [6, 6.07) is 10.3. The summed E-state index contributed by atoms with van der Waals surface area (Å²) in [4.78, 5) is 7.51. The van der Waals surface area contributed by atoms with Gasteiger partial charge >= 0.3 is 0 Å². The van der Waals surface area contributed by atoms with Gasteiger partial charge in [0.1, 0.15) is 17.4 Å². The number of methoxy groups -OCH3 is 1. The van der Waals surface area contributed by atoms with Crippen LogP contribution in [-0.2, 0) is 0 Å². The summed E-state index contributed by atoms with van der Waals surface area (Å²) < 4.78 is 19.7. The Morgan fingerprint density at radius 1 is 1.26 bits per heavy atom. The van der Waals surface area contributed by atoms with Gasteiger partial charge in [-0.1, -0.05) is 6.07 Å². The first-order chi connectivity index (χ1) is 9.19. The Morgan fingerprint density at radius 3 is 2.84 bits per heavy atom. The molecule has 3 aromatic rings. The van der Waals surface area contributed by atoms with Crippen molar-refractivity contribution < 1.29 is 9.13 Å². The van der Waals surface area contributed by atoms with Crippen molar-refractivity contribution in [1.29, 1.82) is 0 Å². The van der Waals surface area contributed by atoms with Gasteiger partial charge in [0.05, 0.1) is 23.7 Å². The van der Waals surface area contributed by atoms with Gasteiger partial charge in [0.25, 0.3) is 0 Å². The van der Waals surface area contributed by atoms with Crippen LogP contribution in [0.1, 0.15) is 0 Å². The predicted octanol–water partition coefficient (Wildman–Crippen LogP) is 4.14. The van der Waals surface area contributed by atoms with Gasteiger partial charge in [-0.15, -0.1) is 0 Å². The van der Waals surface area contributed by atoms with E-state index in [-0.39, 0.29) is 5.82 Å². The smallest absolute Gasteiger partial charge is 0.142 e. The van der Waals surface area contributed by atoms with Crippen molar-refractivity contribution in [1.82, 2.24) is 9.97 Å². The third-order valence-electron chi connectivity index (χ3n) is 2.89. The fraction of sp³-hybridized carbons (Fsp3) is 0.0714. The van der Waals surface area contributed by atoms with Gasteiger partial charge in [0, 0.05) is 10.5 Å². The maximum atomic E-state index is 13.9. The third-order valence-corrected chi connectivity index (χ3v) is 3.55. The number of aromatic amines is 1. The molecule has 5 heteroatoms. The lowest BCUT2D eigenvalue weighted by Crippen LogP contribution is -1.87. The lowest BCUT2D eigenvalue weighted by atomic mass is 10.2. The van der Waals surface area contributed by atoms with Crippen LogP contribution in [0.2, 0.25) is 0 Å². The Balaban J connectivity index is 2.21. The zero-order valence-electron chi connectivity index (χ0n) is 10.1. The molecule has 0 fully saturated rings. The minimum atomic E-state index is -0.319. The normalized spacial score (nSPS) is 10.9. The summed E-state index contributed by atoms with van der Waals surface area (Å²) >= 11 is 3.34. The van der Waals surface area contributed by atoms with Crippen LogP contribution in [0, 0.1) is 5.82 Å². The van der Waals surface area contributed by atoms with Gasteiger partial charge < -0.3 is 9.72 Å². The van der Waals surface area contributed by atoms with Crippen molar-refractivity contribution in [3.05, 3.63) is 46.7 Å². The van der Waals surface area contributed by atoms with Gasteiger partial charge in [-0.25, -0.2) is 9.37 Å². The molecule has 3 nitrogen and oxygen atoms in total. The molecule has 0 atom stereocenters. The summed E-state index contributed by atoms with van der Waals surface area (Å²) in [6.45, 7) is 0. The Bertz CT molecular complexity index is 734. The largest absolute Gasteiger partial charge is 0.497 e. The van der Waals surface area contributed by atoms with Gasteiger partial charge in [0.15, 0.2) is 0 Å². The van der Waals surface area contributed by atoms with E-state index in [2.05, 4.69) is 25.9 Å². The molecule has 96 valence electrons. The highest BCUT2D eigenvalue weighted by Gasteiger charge is 2.13. The van der Waals surface area contributed by atoms with E-state index < -0.39 is 0 Å². The molecule has 1 heterocycles. The first-order valence-electron chi connectivity index (χ1n) is 5.67. The lowest BCUT2D eigenvalue weighted by Gasteiger charge is -2.01. The number of halogens is 2. The fourth-order valence-corrected chi connectivity index (χ4v) is 2.49. The molecule has 0 aliphatic rings. The highest BCUT2D eigenvalue weighted by Crippen LogP contribution is 2.31. The van der Waals surface area contributed by atoms with Crippen LogP contribution in [0.4, 0.5) is 4.39 Å². The molecular weight excluding hydrogens is 311 g/mol. The minimum absolute atomic E-state index is 0.319.